The van der Waals surface area contributed by atoms with E-state index >= 15 is 0 Å². The van der Waals surface area contributed by atoms with Gasteiger partial charge in [-0.1, -0.05) is 6.92 Å². The molecular weight excluding hydrogens is 258 g/mol. The van der Waals surface area contributed by atoms with Crippen molar-refractivity contribution in [1.29, 1.82) is 0 Å². The van der Waals surface area contributed by atoms with Gasteiger partial charge in [-0.25, -0.2) is 0 Å². The molecule has 0 heterocycles. The number of carbonyl (C=O) groups is 1. The van der Waals surface area contributed by atoms with Crippen molar-refractivity contribution in [2.45, 2.75) is 33.6 Å². The molecule has 0 aromatic heterocycles. The molecule has 6 nitrogen and oxygen atoms in total. The van der Waals surface area contributed by atoms with Gasteiger partial charge in [-0.15, -0.1) is 0 Å². The molecule has 110 valence electrons. The zero-order valence-electron chi connectivity index (χ0n) is 12.1. The number of nitrogens with two attached hydrogens (primary N) is 1. The molecular formula is C14H21N3O3. The molecule has 0 fully saturated rings. The first-order chi connectivity index (χ1) is 9.35. The standard InChI is InChI=1S/C14H21N3O3/c1-9(8-15)4-5-14(18)16-12-7-13(17(19)20)11(3)6-10(12)2/h6-7,9H,4-5,8,15H2,1-3H3,(H,16,18). The molecule has 0 saturated heterocycles. The van der Waals surface area contributed by atoms with Crippen LogP contribution in [0.3, 0.4) is 0 Å². The van der Waals surface area contributed by atoms with Gasteiger partial charge in [-0.3, -0.25) is 14.9 Å². The Balaban J connectivity index is 2.79. The molecule has 20 heavy (non-hydrogen) atoms. The van der Waals surface area contributed by atoms with E-state index in [1.807, 2.05) is 13.8 Å². The van der Waals surface area contributed by atoms with E-state index in [1.165, 1.54) is 6.07 Å². The average Bonchev–Trinajstić information content (AvgIpc) is 2.38. The quantitative estimate of drug-likeness (QED) is 0.617. The van der Waals surface area contributed by atoms with Crippen LogP contribution in [0.1, 0.15) is 30.9 Å². The van der Waals surface area contributed by atoms with Gasteiger partial charge in [-0.2, -0.15) is 0 Å². The van der Waals surface area contributed by atoms with Crippen LogP contribution in [-0.2, 0) is 4.79 Å². The molecule has 0 saturated carbocycles. The first kappa shape index (κ1) is 16.1. The highest BCUT2D eigenvalue weighted by Gasteiger charge is 2.15. The Kier molecular flexibility index (Phi) is 5.64. The molecule has 0 aliphatic carbocycles. The number of carbonyl (C=O) groups excluding carboxylic acids is 1. The fourth-order valence-corrected chi connectivity index (χ4v) is 1.88. The first-order valence-electron chi connectivity index (χ1n) is 6.60. The Morgan fingerprint density at radius 2 is 2.05 bits per heavy atom. The van der Waals surface area contributed by atoms with Crippen LogP contribution >= 0.6 is 0 Å². The molecule has 0 bridgehead atoms. The number of anilines is 1. The zero-order valence-corrected chi connectivity index (χ0v) is 12.1. The average molecular weight is 279 g/mol. The molecule has 6 heteroatoms. The minimum atomic E-state index is -0.444. The van der Waals surface area contributed by atoms with E-state index < -0.39 is 4.92 Å². The van der Waals surface area contributed by atoms with Crippen LogP contribution < -0.4 is 11.1 Å². The maximum atomic E-state index is 11.8. The smallest absolute Gasteiger partial charge is 0.274 e. The second kappa shape index (κ2) is 7.00. The zero-order chi connectivity index (χ0) is 15.3. The fraction of sp³-hybridized carbons (Fsp3) is 0.500. The minimum Gasteiger partial charge on any atom is -0.330 e. The number of benzene rings is 1. The number of nitrogens with zero attached hydrogens (tertiary/aromatic N) is 1. The number of aryl methyl sites for hydroxylation is 2. The van der Waals surface area contributed by atoms with Gasteiger partial charge < -0.3 is 11.1 Å². The van der Waals surface area contributed by atoms with E-state index in [9.17, 15) is 14.9 Å². The van der Waals surface area contributed by atoms with Crippen molar-refractivity contribution in [2.24, 2.45) is 11.7 Å². The van der Waals surface area contributed by atoms with E-state index in [1.54, 1.807) is 13.0 Å². The van der Waals surface area contributed by atoms with Crippen molar-refractivity contribution in [3.8, 4) is 0 Å². The van der Waals surface area contributed by atoms with Gasteiger partial charge in [0, 0.05) is 18.1 Å². The lowest BCUT2D eigenvalue weighted by atomic mass is 10.1. The van der Waals surface area contributed by atoms with Crippen molar-refractivity contribution in [2.75, 3.05) is 11.9 Å². The topological polar surface area (TPSA) is 98.3 Å². The lowest BCUT2D eigenvalue weighted by molar-refractivity contribution is -0.385. The third-order valence-corrected chi connectivity index (χ3v) is 3.28. The molecule has 0 aliphatic heterocycles. The van der Waals surface area contributed by atoms with Gasteiger partial charge in [-0.05, 0) is 44.4 Å². The van der Waals surface area contributed by atoms with Crippen LogP contribution in [0.15, 0.2) is 12.1 Å². The summed E-state index contributed by atoms with van der Waals surface area (Å²) in [6, 6.07) is 3.12. The van der Waals surface area contributed by atoms with E-state index in [-0.39, 0.29) is 17.5 Å². The second-order valence-electron chi connectivity index (χ2n) is 5.14. The molecule has 1 rings (SSSR count). The number of hydrogen-bond acceptors (Lipinski definition) is 4. The lowest BCUT2D eigenvalue weighted by Crippen LogP contribution is -2.17. The monoisotopic (exact) mass is 279 g/mol. The third-order valence-electron chi connectivity index (χ3n) is 3.28. The number of nitrogens with one attached hydrogen (secondary N) is 1. The summed E-state index contributed by atoms with van der Waals surface area (Å²) in [5.41, 5.74) is 7.41. The van der Waals surface area contributed by atoms with Crippen LogP contribution in [0.2, 0.25) is 0 Å². The molecule has 1 unspecified atom stereocenters. The predicted molar refractivity (Wildman–Crippen MR) is 78.7 cm³/mol. The Hall–Kier alpha value is -1.95. The first-order valence-corrected chi connectivity index (χ1v) is 6.60. The van der Waals surface area contributed by atoms with Crippen molar-refractivity contribution < 1.29 is 9.72 Å². The van der Waals surface area contributed by atoms with Crippen LogP contribution in [0.25, 0.3) is 0 Å². The highest BCUT2D eigenvalue weighted by molar-refractivity contribution is 5.92. The van der Waals surface area contributed by atoms with Crippen LogP contribution in [0.5, 0.6) is 0 Å². The highest BCUT2D eigenvalue weighted by Crippen LogP contribution is 2.26. The van der Waals surface area contributed by atoms with Crippen molar-refractivity contribution in [3.05, 3.63) is 33.4 Å². The largest absolute Gasteiger partial charge is 0.330 e. The molecule has 1 aromatic carbocycles. The molecule has 1 amide bonds. The number of hydrogen-bond donors (Lipinski definition) is 2. The molecule has 3 N–H and O–H groups in total. The van der Waals surface area contributed by atoms with E-state index in [0.29, 0.717) is 30.6 Å². The number of rotatable bonds is 6. The van der Waals surface area contributed by atoms with Crippen LogP contribution in [-0.4, -0.2) is 17.4 Å². The van der Waals surface area contributed by atoms with E-state index in [0.717, 1.165) is 5.56 Å². The Morgan fingerprint density at radius 1 is 1.40 bits per heavy atom. The fourth-order valence-electron chi connectivity index (χ4n) is 1.88. The summed E-state index contributed by atoms with van der Waals surface area (Å²) in [6.07, 6.45) is 1.06. The second-order valence-corrected chi connectivity index (χ2v) is 5.14. The summed E-state index contributed by atoms with van der Waals surface area (Å²) in [4.78, 5) is 22.3. The summed E-state index contributed by atoms with van der Waals surface area (Å²) < 4.78 is 0. The van der Waals surface area contributed by atoms with Crippen molar-refractivity contribution in [1.82, 2.24) is 0 Å². The molecule has 0 radical (unpaired) electrons. The normalized spacial score (nSPS) is 12.0. The van der Waals surface area contributed by atoms with E-state index in [4.69, 9.17) is 5.73 Å². The Bertz CT molecular complexity index is 515. The third kappa shape index (κ3) is 4.31. The summed E-state index contributed by atoms with van der Waals surface area (Å²) in [5, 5.41) is 13.6. The molecule has 0 aliphatic rings. The van der Waals surface area contributed by atoms with Gasteiger partial charge >= 0.3 is 0 Å². The lowest BCUT2D eigenvalue weighted by Gasteiger charge is -2.11. The summed E-state index contributed by atoms with van der Waals surface area (Å²) in [5.74, 6) is 0.140. The molecule has 1 atom stereocenters. The number of amides is 1. The van der Waals surface area contributed by atoms with Gasteiger partial charge in [0.1, 0.15) is 0 Å². The summed E-state index contributed by atoms with van der Waals surface area (Å²) in [6.45, 7) is 6.02. The number of nitro groups is 1. The van der Waals surface area contributed by atoms with Crippen molar-refractivity contribution in [3.63, 3.8) is 0 Å². The highest BCUT2D eigenvalue weighted by atomic mass is 16.6. The van der Waals surface area contributed by atoms with Crippen molar-refractivity contribution >= 4 is 17.3 Å². The SMILES string of the molecule is Cc1cc(C)c([N+](=O)[O-])cc1NC(=O)CCC(C)CN. The van der Waals surface area contributed by atoms with Crippen LogP contribution in [0.4, 0.5) is 11.4 Å². The molecule has 1 aromatic rings. The van der Waals surface area contributed by atoms with Gasteiger partial charge in [0.05, 0.1) is 10.6 Å². The van der Waals surface area contributed by atoms with Gasteiger partial charge in [0.25, 0.3) is 5.69 Å². The maximum absolute atomic E-state index is 11.8. The number of nitro benzene ring substituents is 1. The Labute approximate surface area is 118 Å². The summed E-state index contributed by atoms with van der Waals surface area (Å²) >= 11 is 0. The minimum absolute atomic E-state index is 0.0150. The predicted octanol–water partition coefficient (Wildman–Crippen LogP) is 2.53. The molecule has 0 spiro atoms. The Morgan fingerprint density at radius 3 is 2.60 bits per heavy atom. The maximum Gasteiger partial charge on any atom is 0.274 e. The van der Waals surface area contributed by atoms with Crippen LogP contribution in [0, 0.1) is 29.9 Å². The van der Waals surface area contributed by atoms with Gasteiger partial charge in [0.2, 0.25) is 5.91 Å². The summed E-state index contributed by atoms with van der Waals surface area (Å²) in [7, 11) is 0. The van der Waals surface area contributed by atoms with E-state index in [2.05, 4.69) is 5.32 Å². The van der Waals surface area contributed by atoms with Gasteiger partial charge in [0.15, 0.2) is 0 Å².